The van der Waals surface area contributed by atoms with Crippen LogP contribution in [-0.2, 0) is 29.2 Å². The maximum atomic E-state index is 12.5. The zero-order valence-electron chi connectivity index (χ0n) is 29.2. The summed E-state index contributed by atoms with van der Waals surface area (Å²) in [4.78, 5) is 33.4. The van der Waals surface area contributed by atoms with Crippen molar-refractivity contribution in [3.63, 3.8) is 0 Å². The number of hydrogen-bond donors (Lipinski definition) is 3. The van der Waals surface area contributed by atoms with Gasteiger partial charge in [0.1, 0.15) is 17.2 Å². The fourth-order valence-electron chi connectivity index (χ4n) is 7.27. The van der Waals surface area contributed by atoms with E-state index in [0.29, 0.717) is 63.7 Å². The first-order chi connectivity index (χ1) is 22.8. The molecule has 2 aliphatic heterocycles. The standard InChI is InChI=1S/C39H50N4O5/c1-25-15-28(4)37(46)31(18-25)21-40-11-12-41(22-32-19-26(2)16-29(5)38(32)47)24-34(9-10-43-35(44)7-8-36(43)45)42(14-13-40)23-33-20-27(3)17-30(6)39(33)48/h7-8,15-20,34,46-48H,9-14,21-24H2,1-6H3. The molecule has 1 atom stereocenters. The van der Waals surface area contributed by atoms with Crippen molar-refractivity contribution in [2.75, 3.05) is 39.3 Å². The Kier molecular flexibility index (Phi) is 10.9. The largest absolute Gasteiger partial charge is 0.507 e. The predicted molar refractivity (Wildman–Crippen MR) is 188 cm³/mol. The van der Waals surface area contributed by atoms with E-state index in [9.17, 15) is 24.9 Å². The number of imide groups is 1. The van der Waals surface area contributed by atoms with Crippen LogP contribution in [0.5, 0.6) is 17.2 Å². The van der Waals surface area contributed by atoms with Gasteiger partial charge in [-0.25, -0.2) is 0 Å². The first-order valence-electron chi connectivity index (χ1n) is 16.9. The summed E-state index contributed by atoms with van der Waals surface area (Å²) in [5, 5.41) is 33.2. The first-order valence-corrected chi connectivity index (χ1v) is 16.9. The fraction of sp³-hybridized carbons (Fsp3) is 0.436. The number of carbonyl (C=O) groups excluding carboxylic acids is 2. The molecule has 9 heteroatoms. The number of hydrogen-bond acceptors (Lipinski definition) is 8. The second kappa shape index (κ2) is 14.9. The Morgan fingerprint density at radius 2 is 1.00 bits per heavy atom. The number of phenolic OH excluding ortho intramolecular Hbond substituents is 3. The minimum Gasteiger partial charge on any atom is -0.507 e. The molecule has 5 rings (SSSR count). The van der Waals surface area contributed by atoms with Gasteiger partial charge in [0.05, 0.1) is 0 Å². The van der Waals surface area contributed by atoms with Crippen molar-refractivity contribution in [1.82, 2.24) is 19.6 Å². The molecular weight excluding hydrogens is 604 g/mol. The predicted octanol–water partition coefficient (Wildman–Crippen LogP) is 5.16. The molecule has 0 bridgehead atoms. The molecular formula is C39H50N4O5. The quantitative estimate of drug-likeness (QED) is 0.272. The maximum Gasteiger partial charge on any atom is 0.253 e. The van der Waals surface area contributed by atoms with Gasteiger partial charge in [0.15, 0.2) is 0 Å². The average molecular weight is 655 g/mol. The van der Waals surface area contributed by atoms with E-state index in [-0.39, 0.29) is 30.2 Å². The fourth-order valence-corrected chi connectivity index (χ4v) is 7.27. The Balaban J connectivity index is 1.51. The highest BCUT2D eigenvalue weighted by Crippen LogP contribution is 2.30. The molecule has 1 unspecified atom stereocenters. The number of rotatable bonds is 9. The molecule has 2 aliphatic rings. The highest BCUT2D eigenvalue weighted by molar-refractivity contribution is 6.12. The Morgan fingerprint density at radius 1 is 0.583 bits per heavy atom. The second-order valence-electron chi connectivity index (χ2n) is 13.9. The molecule has 3 aromatic carbocycles. The number of amides is 2. The Labute approximate surface area is 284 Å². The summed E-state index contributed by atoms with van der Waals surface area (Å²) in [6.07, 6.45) is 3.20. The van der Waals surface area contributed by atoms with Gasteiger partial charge in [0.2, 0.25) is 0 Å². The monoisotopic (exact) mass is 654 g/mol. The number of phenols is 3. The first kappa shape index (κ1) is 35.1. The van der Waals surface area contributed by atoms with Crippen molar-refractivity contribution in [3.8, 4) is 17.2 Å². The number of aromatic hydroxyl groups is 3. The summed E-state index contributed by atoms with van der Waals surface area (Å²) in [7, 11) is 0. The highest BCUT2D eigenvalue weighted by atomic mass is 16.3. The number of aryl methyl sites for hydroxylation is 6. The van der Waals surface area contributed by atoms with Crippen molar-refractivity contribution in [2.24, 2.45) is 0 Å². The van der Waals surface area contributed by atoms with E-state index in [1.165, 1.54) is 17.1 Å². The van der Waals surface area contributed by atoms with E-state index in [1.807, 2.05) is 77.9 Å². The number of carbonyl (C=O) groups is 2. The molecule has 0 radical (unpaired) electrons. The van der Waals surface area contributed by atoms with Crippen LogP contribution in [0.4, 0.5) is 0 Å². The molecule has 2 amide bonds. The van der Waals surface area contributed by atoms with E-state index >= 15 is 0 Å². The summed E-state index contributed by atoms with van der Waals surface area (Å²) >= 11 is 0. The molecule has 0 aliphatic carbocycles. The molecule has 9 nitrogen and oxygen atoms in total. The van der Waals surface area contributed by atoms with Crippen LogP contribution in [-0.4, -0.2) is 92.0 Å². The SMILES string of the molecule is Cc1cc(C)c(O)c(CN2CCN(Cc3cc(C)cc(C)c3O)CC(CCN3C(=O)C=CC3=O)N(Cc3cc(C)cc(C)c3O)CC2)c1. The van der Waals surface area contributed by atoms with E-state index in [0.717, 1.165) is 56.6 Å². The highest BCUT2D eigenvalue weighted by Gasteiger charge is 2.30. The van der Waals surface area contributed by atoms with Gasteiger partial charge in [-0.3, -0.25) is 29.2 Å². The van der Waals surface area contributed by atoms with E-state index < -0.39 is 0 Å². The molecule has 0 aromatic heterocycles. The van der Waals surface area contributed by atoms with Crippen LogP contribution in [0.3, 0.4) is 0 Å². The van der Waals surface area contributed by atoms with Gasteiger partial charge in [0.25, 0.3) is 11.8 Å². The zero-order valence-corrected chi connectivity index (χ0v) is 29.2. The Bertz CT molecular complexity index is 1700. The minimum absolute atomic E-state index is 0.0750. The summed E-state index contributed by atoms with van der Waals surface area (Å²) < 4.78 is 0. The van der Waals surface area contributed by atoms with Crippen LogP contribution in [0.25, 0.3) is 0 Å². The van der Waals surface area contributed by atoms with Gasteiger partial charge in [-0.2, -0.15) is 0 Å². The summed E-state index contributed by atoms with van der Waals surface area (Å²) in [5.74, 6) is 0.310. The second-order valence-corrected chi connectivity index (χ2v) is 13.9. The third-order valence-electron chi connectivity index (χ3n) is 9.74. The van der Waals surface area contributed by atoms with Gasteiger partial charge < -0.3 is 15.3 Å². The number of benzene rings is 3. The molecule has 48 heavy (non-hydrogen) atoms. The normalized spacial score (nSPS) is 18.4. The molecule has 1 saturated heterocycles. The third-order valence-corrected chi connectivity index (χ3v) is 9.74. The lowest BCUT2D eigenvalue weighted by Crippen LogP contribution is -2.46. The Hall–Kier alpha value is -4.18. The topological polar surface area (TPSA) is 108 Å². The third kappa shape index (κ3) is 8.27. The van der Waals surface area contributed by atoms with Gasteiger partial charge in [-0.15, -0.1) is 0 Å². The zero-order chi connectivity index (χ0) is 34.7. The van der Waals surface area contributed by atoms with Crippen LogP contribution in [0, 0.1) is 41.5 Å². The van der Waals surface area contributed by atoms with Crippen molar-refractivity contribution >= 4 is 11.8 Å². The number of nitrogens with zero attached hydrogens (tertiary/aromatic N) is 4. The lowest BCUT2D eigenvalue weighted by Gasteiger charge is -2.36. The summed E-state index contributed by atoms with van der Waals surface area (Å²) in [6, 6.07) is 12.0. The van der Waals surface area contributed by atoms with E-state index in [4.69, 9.17) is 0 Å². The molecule has 3 N–H and O–H groups in total. The molecule has 0 saturated carbocycles. The van der Waals surface area contributed by atoms with E-state index in [1.54, 1.807) is 0 Å². The molecule has 256 valence electrons. The molecule has 2 heterocycles. The lowest BCUT2D eigenvalue weighted by molar-refractivity contribution is -0.137. The molecule has 0 spiro atoms. The summed E-state index contributed by atoms with van der Waals surface area (Å²) in [5.41, 5.74) is 8.35. The average Bonchev–Trinajstić information content (AvgIpc) is 3.37. The van der Waals surface area contributed by atoms with Crippen LogP contribution in [0.15, 0.2) is 48.6 Å². The van der Waals surface area contributed by atoms with Gasteiger partial charge in [0, 0.05) is 93.8 Å². The van der Waals surface area contributed by atoms with Gasteiger partial charge in [-0.05, 0) is 64.7 Å². The smallest absolute Gasteiger partial charge is 0.253 e. The van der Waals surface area contributed by atoms with Crippen LogP contribution in [0.2, 0.25) is 0 Å². The van der Waals surface area contributed by atoms with Crippen molar-refractivity contribution in [3.05, 3.63) is 98.6 Å². The summed E-state index contributed by atoms with van der Waals surface area (Å²) in [6.45, 7) is 17.2. The van der Waals surface area contributed by atoms with E-state index in [2.05, 4.69) is 14.7 Å². The van der Waals surface area contributed by atoms with Gasteiger partial charge in [-0.1, -0.05) is 53.1 Å². The van der Waals surface area contributed by atoms with Crippen LogP contribution < -0.4 is 0 Å². The minimum atomic E-state index is -0.294. The Morgan fingerprint density at radius 3 is 1.50 bits per heavy atom. The lowest BCUT2D eigenvalue weighted by atomic mass is 10.0. The van der Waals surface area contributed by atoms with Gasteiger partial charge >= 0.3 is 0 Å². The molecule has 1 fully saturated rings. The molecule has 3 aromatic rings. The van der Waals surface area contributed by atoms with Crippen molar-refractivity contribution in [1.29, 1.82) is 0 Å². The van der Waals surface area contributed by atoms with Crippen LogP contribution in [0.1, 0.15) is 56.5 Å². The van der Waals surface area contributed by atoms with Crippen LogP contribution >= 0.6 is 0 Å². The van der Waals surface area contributed by atoms with Crippen molar-refractivity contribution in [2.45, 2.75) is 73.6 Å². The maximum absolute atomic E-state index is 12.5. The van der Waals surface area contributed by atoms with Crippen molar-refractivity contribution < 1.29 is 24.9 Å².